The molecule has 0 bridgehead atoms. The first-order valence-corrected chi connectivity index (χ1v) is 10.5. The lowest BCUT2D eigenvalue weighted by Crippen LogP contribution is -2.58. The number of benzene rings is 2. The molecule has 2 heterocycles. The molecule has 0 radical (unpaired) electrons. The fraction of sp³-hybridized carbons (Fsp3) is 0.391. The van der Waals surface area contributed by atoms with E-state index in [1.807, 2.05) is 18.2 Å². The monoisotopic (exact) mass is 439 g/mol. The smallest absolute Gasteiger partial charge is 0.328 e. The van der Waals surface area contributed by atoms with Gasteiger partial charge in [0.15, 0.2) is 6.04 Å². The number of nitro groups is 1. The van der Waals surface area contributed by atoms with Crippen LogP contribution < -0.4 is 0 Å². The Labute approximate surface area is 185 Å². The number of carboxylic acids is 1. The van der Waals surface area contributed by atoms with Crippen LogP contribution in [0.2, 0.25) is 0 Å². The molecule has 2 aromatic rings. The molecule has 32 heavy (non-hydrogen) atoms. The van der Waals surface area contributed by atoms with Crippen molar-refractivity contribution in [1.82, 2.24) is 9.80 Å². The average molecular weight is 439 g/mol. The van der Waals surface area contributed by atoms with Gasteiger partial charge in [0.25, 0.3) is 11.6 Å². The van der Waals surface area contributed by atoms with Gasteiger partial charge in [0.05, 0.1) is 11.5 Å². The van der Waals surface area contributed by atoms with Crippen LogP contribution >= 0.6 is 0 Å². The Morgan fingerprint density at radius 2 is 1.88 bits per heavy atom. The summed E-state index contributed by atoms with van der Waals surface area (Å²) in [7, 11) is 0. The number of carbonyl (C=O) groups excluding carboxylic acids is 1. The summed E-state index contributed by atoms with van der Waals surface area (Å²) >= 11 is 0. The molecule has 9 nitrogen and oxygen atoms in total. The first-order chi connectivity index (χ1) is 15.3. The van der Waals surface area contributed by atoms with Gasteiger partial charge in [-0.15, -0.1) is 0 Å². The van der Waals surface area contributed by atoms with Crippen molar-refractivity contribution in [3.8, 4) is 0 Å². The molecule has 1 atom stereocenters. The van der Waals surface area contributed by atoms with E-state index in [-0.39, 0.29) is 17.9 Å². The molecule has 2 fully saturated rings. The number of hydrogen-bond donors (Lipinski definition) is 1. The molecule has 1 N–H and O–H groups in total. The molecule has 9 heteroatoms. The fourth-order valence-corrected chi connectivity index (χ4v) is 4.54. The molecular formula is C23H25N3O6. The number of carbonyl (C=O) groups is 2. The van der Waals surface area contributed by atoms with Gasteiger partial charge in [-0.1, -0.05) is 36.4 Å². The zero-order valence-corrected chi connectivity index (χ0v) is 17.8. The zero-order chi connectivity index (χ0) is 22.9. The topological polar surface area (TPSA) is 113 Å². The number of piperidine rings is 1. The van der Waals surface area contributed by atoms with Crippen LogP contribution in [0.3, 0.4) is 0 Å². The molecule has 168 valence electrons. The van der Waals surface area contributed by atoms with Crippen LogP contribution in [-0.2, 0) is 16.1 Å². The number of nitrogens with zero attached hydrogens (tertiary/aromatic N) is 3. The SMILES string of the molecule is Cc1ccc(C(=O)N2C(C(=O)O)COC23CCN(Cc2ccccc2)CC3)cc1[N+](=O)[O-]. The summed E-state index contributed by atoms with van der Waals surface area (Å²) in [4.78, 5) is 39.7. The molecule has 2 saturated heterocycles. The number of likely N-dealkylation sites (tertiary alicyclic amines) is 1. The third-order valence-corrected chi connectivity index (χ3v) is 6.30. The number of rotatable bonds is 5. The third kappa shape index (κ3) is 4.09. The van der Waals surface area contributed by atoms with E-state index in [1.165, 1.54) is 28.7 Å². The quantitative estimate of drug-likeness (QED) is 0.563. The highest BCUT2D eigenvalue weighted by molar-refractivity contribution is 5.98. The lowest BCUT2D eigenvalue weighted by molar-refractivity contribution is -0.385. The maximum atomic E-state index is 13.4. The number of nitro benzene ring substituents is 1. The maximum Gasteiger partial charge on any atom is 0.328 e. The van der Waals surface area contributed by atoms with Gasteiger partial charge in [0.2, 0.25) is 0 Å². The average Bonchev–Trinajstić information content (AvgIpc) is 3.15. The molecule has 4 rings (SSSR count). The summed E-state index contributed by atoms with van der Waals surface area (Å²) in [5.41, 5.74) is 0.495. The van der Waals surface area contributed by atoms with Gasteiger partial charge >= 0.3 is 5.97 Å². The van der Waals surface area contributed by atoms with Crippen molar-refractivity contribution in [1.29, 1.82) is 0 Å². The number of carboxylic acid groups (broad SMARTS) is 1. The van der Waals surface area contributed by atoms with E-state index in [9.17, 15) is 24.8 Å². The lowest BCUT2D eigenvalue weighted by Gasteiger charge is -2.44. The zero-order valence-electron chi connectivity index (χ0n) is 17.8. The summed E-state index contributed by atoms with van der Waals surface area (Å²) in [5.74, 6) is -1.71. The number of hydrogen-bond acceptors (Lipinski definition) is 6. The minimum Gasteiger partial charge on any atom is -0.480 e. The lowest BCUT2D eigenvalue weighted by atomic mass is 9.96. The number of aryl methyl sites for hydroxylation is 1. The van der Waals surface area contributed by atoms with E-state index >= 15 is 0 Å². The van der Waals surface area contributed by atoms with Gasteiger partial charge in [0.1, 0.15) is 5.72 Å². The van der Waals surface area contributed by atoms with Crippen LogP contribution in [0.4, 0.5) is 5.69 Å². The Morgan fingerprint density at radius 3 is 2.50 bits per heavy atom. The van der Waals surface area contributed by atoms with Gasteiger partial charge in [-0.25, -0.2) is 4.79 Å². The van der Waals surface area contributed by atoms with Crippen molar-refractivity contribution in [2.75, 3.05) is 19.7 Å². The van der Waals surface area contributed by atoms with Crippen LogP contribution in [-0.4, -0.2) is 63.2 Å². The Bertz CT molecular complexity index is 1030. The maximum absolute atomic E-state index is 13.4. The molecule has 1 amide bonds. The molecule has 2 aromatic carbocycles. The summed E-state index contributed by atoms with van der Waals surface area (Å²) in [6.45, 7) is 3.53. The van der Waals surface area contributed by atoms with Crippen molar-refractivity contribution in [2.45, 2.75) is 38.1 Å². The minimum absolute atomic E-state index is 0.0881. The fourth-order valence-electron chi connectivity index (χ4n) is 4.54. The Kier molecular flexibility index (Phi) is 5.94. The second kappa shape index (κ2) is 8.68. The van der Waals surface area contributed by atoms with E-state index in [4.69, 9.17) is 4.74 Å². The summed E-state index contributed by atoms with van der Waals surface area (Å²) in [6.07, 6.45) is 0.923. The largest absolute Gasteiger partial charge is 0.480 e. The molecular weight excluding hydrogens is 414 g/mol. The molecule has 1 unspecified atom stereocenters. The van der Waals surface area contributed by atoms with Crippen LogP contribution in [0, 0.1) is 17.0 Å². The van der Waals surface area contributed by atoms with E-state index in [2.05, 4.69) is 17.0 Å². The van der Waals surface area contributed by atoms with E-state index in [0.29, 0.717) is 31.5 Å². The van der Waals surface area contributed by atoms with Crippen molar-refractivity contribution < 1.29 is 24.4 Å². The Hall–Kier alpha value is -3.30. The first-order valence-electron chi connectivity index (χ1n) is 10.5. The van der Waals surface area contributed by atoms with Crippen molar-refractivity contribution in [2.24, 2.45) is 0 Å². The standard InChI is InChI=1S/C23H25N3O6/c1-16-7-8-18(13-19(16)26(30)31)21(27)25-20(22(28)29)15-32-23(25)9-11-24(12-10-23)14-17-5-3-2-4-6-17/h2-8,13,20H,9-12,14-15H2,1H3,(H,28,29). The second-order valence-corrected chi connectivity index (χ2v) is 8.31. The predicted molar refractivity (Wildman–Crippen MR) is 115 cm³/mol. The van der Waals surface area contributed by atoms with Gasteiger partial charge in [-0.3, -0.25) is 24.7 Å². The number of ether oxygens (including phenoxy) is 1. The highest BCUT2D eigenvalue weighted by Crippen LogP contribution is 2.39. The Balaban J connectivity index is 1.57. The number of amides is 1. The molecule has 0 aromatic heterocycles. The summed E-state index contributed by atoms with van der Waals surface area (Å²) in [6, 6.07) is 13.1. The van der Waals surface area contributed by atoms with Gasteiger partial charge in [0, 0.05) is 49.7 Å². The van der Waals surface area contributed by atoms with Crippen molar-refractivity contribution >= 4 is 17.6 Å². The van der Waals surface area contributed by atoms with E-state index in [1.54, 1.807) is 6.92 Å². The van der Waals surface area contributed by atoms with E-state index in [0.717, 1.165) is 6.54 Å². The molecule has 1 spiro atoms. The normalized spacial score (nSPS) is 20.4. The molecule has 2 aliphatic heterocycles. The first kappa shape index (κ1) is 21.9. The van der Waals surface area contributed by atoms with Crippen LogP contribution in [0.25, 0.3) is 0 Å². The highest BCUT2D eigenvalue weighted by atomic mass is 16.6. The van der Waals surface area contributed by atoms with Gasteiger partial charge in [-0.05, 0) is 18.6 Å². The molecule has 0 aliphatic carbocycles. The van der Waals surface area contributed by atoms with Gasteiger partial charge < -0.3 is 9.84 Å². The van der Waals surface area contributed by atoms with Crippen LogP contribution in [0.15, 0.2) is 48.5 Å². The van der Waals surface area contributed by atoms with Crippen molar-refractivity contribution in [3.05, 3.63) is 75.3 Å². The minimum atomic E-state index is -1.15. The summed E-state index contributed by atoms with van der Waals surface area (Å²) in [5, 5.41) is 21.1. The predicted octanol–water partition coefficient (Wildman–Crippen LogP) is 2.82. The molecule has 2 aliphatic rings. The second-order valence-electron chi connectivity index (χ2n) is 8.31. The molecule has 0 saturated carbocycles. The van der Waals surface area contributed by atoms with Gasteiger partial charge in [-0.2, -0.15) is 0 Å². The van der Waals surface area contributed by atoms with Crippen molar-refractivity contribution in [3.63, 3.8) is 0 Å². The summed E-state index contributed by atoms with van der Waals surface area (Å²) < 4.78 is 5.97. The third-order valence-electron chi connectivity index (χ3n) is 6.30. The highest BCUT2D eigenvalue weighted by Gasteiger charge is 2.54. The van der Waals surface area contributed by atoms with Crippen LogP contribution in [0.1, 0.15) is 34.3 Å². The Morgan fingerprint density at radius 1 is 1.19 bits per heavy atom. The van der Waals surface area contributed by atoms with E-state index < -0.39 is 28.6 Å². The number of aliphatic carboxylic acids is 1. The van der Waals surface area contributed by atoms with Crippen LogP contribution in [0.5, 0.6) is 0 Å².